The Kier molecular flexibility index (Phi) is 5.57. The number of pyridine rings is 1. The monoisotopic (exact) mass is 490 g/mol. The summed E-state index contributed by atoms with van der Waals surface area (Å²) in [6, 6.07) is 8.26. The second kappa shape index (κ2) is 8.56. The summed E-state index contributed by atoms with van der Waals surface area (Å²) in [5.74, 6) is 1.65. The number of piperidine rings is 1. The van der Waals surface area contributed by atoms with E-state index in [1.54, 1.807) is 11.1 Å². The Hall–Kier alpha value is -2.97. The van der Waals surface area contributed by atoms with E-state index in [1.165, 1.54) is 5.56 Å². The highest BCUT2D eigenvalue weighted by atomic mass is 16.5. The molecule has 2 N–H and O–H groups in total. The van der Waals surface area contributed by atoms with Gasteiger partial charge in [0.1, 0.15) is 18.2 Å². The van der Waals surface area contributed by atoms with Crippen LogP contribution in [0.5, 0.6) is 5.75 Å². The summed E-state index contributed by atoms with van der Waals surface area (Å²) in [7, 11) is 0. The number of hydrogen-bond donors (Lipinski definition) is 2. The van der Waals surface area contributed by atoms with Crippen molar-refractivity contribution in [2.75, 3.05) is 36.5 Å². The van der Waals surface area contributed by atoms with Crippen LogP contribution in [0, 0.1) is 6.92 Å². The number of fused-ring (bicyclic) bond motifs is 3. The molecule has 8 heteroatoms. The lowest BCUT2D eigenvalue weighted by Gasteiger charge is -2.47. The van der Waals surface area contributed by atoms with Crippen molar-refractivity contribution >= 4 is 23.3 Å². The van der Waals surface area contributed by atoms with E-state index in [0.717, 1.165) is 55.0 Å². The third-order valence-electron chi connectivity index (χ3n) is 8.50. The maximum absolute atomic E-state index is 12.9. The van der Waals surface area contributed by atoms with Crippen molar-refractivity contribution in [1.29, 1.82) is 0 Å². The minimum absolute atomic E-state index is 0.0195. The summed E-state index contributed by atoms with van der Waals surface area (Å²) < 4.78 is 6.05. The lowest BCUT2D eigenvalue weighted by Crippen LogP contribution is -2.57. The summed E-state index contributed by atoms with van der Waals surface area (Å²) in [6.45, 7) is 6.93. The number of anilines is 2. The average Bonchev–Trinajstić information content (AvgIpc) is 3.09. The van der Waals surface area contributed by atoms with Crippen molar-refractivity contribution < 1.29 is 19.4 Å². The molecule has 1 aromatic heterocycles. The van der Waals surface area contributed by atoms with E-state index in [-0.39, 0.29) is 17.9 Å². The molecule has 2 amide bonds. The van der Waals surface area contributed by atoms with Crippen LogP contribution in [0.25, 0.3) is 0 Å². The molecule has 1 aliphatic carbocycles. The third-order valence-corrected chi connectivity index (χ3v) is 8.50. The number of nitrogens with one attached hydrogen (secondary N) is 1. The molecule has 1 saturated heterocycles. The Balaban J connectivity index is 1.05. The normalized spacial score (nSPS) is 26.9. The zero-order chi connectivity index (χ0) is 25.1. The average molecular weight is 491 g/mol. The van der Waals surface area contributed by atoms with Crippen LogP contribution < -0.4 is 15.0 Å². The maximum atomic E-state index is 12.9. The van der Waals surface area contributed by atoms with E-state index in [4.69, 9.17) is 4.74 Å². The van der Waals surface area contributed by atoms with Crippen LogP contribution in [0.3, 0.4) is 0 Å². The molecular weight excluding hydrogens is 456 g/mol. The summed E-state index contributed by atoms with van der Waals surface area (Å²) in [5.41, 5.74) is 3.24. The Morgan fingerprint density at radius 2 is 1.94 bits per heavy atom. The second-order valence-electron chi connectivity index (χ2n) is 11.3. The Bertz CT molecular complexity index is 1210. The first-order valence-electron chi connectivity index (χ1n) is 13.1. The van der Waals surface area contributed by atoms with E-state index in [2.05, 4.69) is 28.2 Å². The lowest BCUT2D eigenvalue weighted by molar-refractivity contribution is -0.123. The fourth-order valence-electron chi connectivity index (χ4n) is 6.43. The number of aryl methyl sites for hydroxylation is 2. The molecule has 1 spiro atoms. The first-order chi connectivity index (χ1) is 17.2. The molecular formula is C28H34N4O4. The first-order valence-corrected chi connectivity index (χ1v) is 13.1. The largest absolute Gasteiger partial charge is 0.491 e. The molecule has 4 heterocycles. The van der Waals surface area contributed by atoms with E-state index in [9.17, 15) is 14.7 Å². The highest BCUT2D eigenvalue weighted by Crippen LogP contribution is 2.45. The highest BCUT2D eigenvalue weighted by molar-refractivity contribution is 6.06. The van der Waals surface area contributed by atoms with Crippen LogP contribution in [0.1, 0.15) is 55.7 Å². The molecule has 0 radical (unpaired) electrons. The van der Waals surface area contributed by atoms with Crippen molar-refractivity contribution in [2.24, 2.45) is 0 Å². The molecule has 8 nitrogen and oxygen atoms in total. The molecule has 4 aliphatic rings. The highest BCUT2D eigenvalue weighted by Gasteiger charge is 2.48. The van der Waals surface area contributed by atoms with E-state index in [0.29, 0.717) is 38.1 Å². The van der Waals surface area contributed by atoms with Gasteiger partial charge in [-0.25, -0.2) is 4.98 Å². The van der Waals surface area contributed by atoms with Gasteiger partial charge >= 0.3 is 0 Å². The van der Waals surface area contributed by atoms with Gasteiger partial charge in [-0.1, -0.05) is 17.7 Å². The summed E-state index contributed by atoms with van der Waals surface area (Å²) in [6.07, 6.45) is 5.62. The Morgan fingerprint density at radius 1 is 1.17 bits per heavy atom. The molecule has 36 heavy (non-hydrogen) atoms. The van der Waals surface area contributed by atoms with Crippen molar-refractivity contribution in [3.05, 3.63) is 47.2 Å². The molecule has 0 bridgehead atoms. The van der Waals surface area contributed by atoms with Gasteiger partial charge in [0.2, 0.25) is 11.8 Å². The van der Waals surface area contributed by atoms with Gasteiger partial charge in [0.15, 0.2) is 0 Å². The number of ether oxygens (including phenoxy) is 1. The number of likely N-dealkylation sites (tertiary alicyclic amines) is 1. The minimum atomic E-state index is -0.691. The zero-order valence-corrected chi connectivity index (χ0v) is 21.0. The number of aromatic nitrogens is 1. The summed E-state index contributed by atoms with van der Waals surface area (Å²) in [5, 5.41) is 13.2. The first kappa shape index (κ1) is 23.4. The van der Waals surface area contributed by atoms with Gasteiger partial charge in [-0.15, -0.1) is 0 Å². The molecule has 1 saturated carbocycles. The lowest BCUT2D eigenvalue weighted by atomic mass is 9.73. The molecule has 0 unspecified atom stereocenters. The predicted molar refractivity (Wildman–Crippen MR) is 136 cm³/mol. The quantitative estimate of drug-likeness (QED) is 0.669. The van der Waals surface area contributed by atoms with E-state index in [1.807, 2.05) is 25.1 Å². The number of nitrogens with zero attached hydrogens (tertiary/aromatic N) is 3. The molecule has 3 aliphatic heterocycles. The zero-order valence-electron chi connectivity index (χ0n) is 21.0. The predicted octanol–water partition coefficient (Wildman–Crippen LogP) is 2.95. The number of rotatable bonds is 5. The molecule has 2 aromatic rings. The smallest absolute Gasteiger partial charge is 0.235 e. The van der Waals surface area contributed by atoms with Gasteiger partial charge in [-0.3, -0.25) is 19.4 Å². The van der Waals surface area contributed by atoms with E-state index >= 15 is 0 Å². The third kappa shape index (κ3) is 3.96. The van der Waals surface area contributed by atoms with Crippen LogP contribution in [0.2, 0.25) is 0 Å². The van der Waals surface area contributed by atoms with Crippen molar-refractivity contribution in [1.82, 2.24) is 9.88 Å². The number of carbonyl (C=O) groups excluding carboxylic acids is 2. The summed E-state index contributed by atoms with van der Waals surface area (Å²) in [4.78, 5) is 34.2. The van der Waals surface area contributed by atoms with Crippen molar-refractivity contribution in [3.8, 4) is 5.75 Å². The van der Waals surface area contributed by atoms with Gasteiger partial charge in [0, 0.05) is 24.7 Å². The van der Waals surface area contributed by atoms with Gasteiger partial charge in [0.25, 0.3) is 0 Å². The fraction of sp³-hybridized carbons (Fsp3) is 0.536. The van der Waals surface area contributed by atoms with Crippen LogP contribution in [0.4, 0.5) is 11.5 Å². The molecule has 6 rings (SSSR count). The second-order valence-corrected chi connectivity index (χ2v) is 11.3. The van der Waals surface area contributed by atoms with E-state index < -0.39 is 11.0 Å². The number of amides is 2. The Morgan fingerprint density at radius 3 is 2.69 bits per heavy atom. The number of benzene rings is 1. The Labute approximate surface area is 211 Å². The SMILES string of the molecule is Cc1ccc2c(c1)C1(CCN(CCOc3cnc4c(c3)CCC(=O)N4[C@H]3C[C@](C)(O)C3)CC1)C(=O)N2. The maximum Gasteiger partial charge on any atom is 0.235 e. The molecule has 2 fully saturated rings. The van der Waals surface area contributed by atoms with Crippen LogP contribution in [-0.2, 0) is 21.4 Å². The van der Waals surface area contributed by atoms with Gasteiger partial charge in [0.05, 0.1) is 17.2 Å². The van der Waals surface area contributed by atoms with Crippen LogP contribution in [0.15, 0.2) is 30.5 Å². The van der Waals surface area contributed by atoms with Crippen LogP contribution >= 0.6 is 0 Å². The van der Waals surface area contributed by atoms with Crippen LogP contribution in [-0.4, -0.2) is 64.7 Å². The summed E-state index contributed by atoms with van der Waals surface area (Å²) >= 11 is 0. The number of carbonyl (C=O) groups is 2. The number of hydrogen-bond acceptors (Lipinski definition) is 6. The van der Waals surface area contributed by atoms with Crippen molar-refractivity contribution in [3.63, 3.8) is 0 Å². The molecule has 0 atom stereocenters. The fourth-order valence-corrected chi connectivity index (χ4v) is 6.43. The minimum Gasteiger partial charge on any atom is -0.491 e. The number of aliphatic hydroxyl groups is 1. The van der Waals surface area contributed by atoms with Gasteiger partial charge in [-0.05, 0) is 82.3 Å². The molecule has 190 valence electrons. The topological polar surface area (TPSA) is 95.0 Å². The van der Waals surface area contributed by atoms with Gasteiger partial charge in [-0.2, -0.15) is 0 Å². The van der Waals surface area contributed by atoms with Crippen molar-refractivity contribution in [2.45, 2.75) is 69.4 Å². The molecule has 1 aromatic carbocycles. The standard InChI is InChI=1S/C28H34N4O4/c1-18-3-5-23-22(13-18)28(26(34)30-23)7-9-31(10-8-28)11-12-36-21-14-19-4-6-24(33)32(25(19)29-17-21)20-15-27(2,35)16-20/h3,5,13-14,17,20,35H,4,6-12,15-16H2,1-2H3,(H,30,34)/t20-,27-. The van der Waals surface area contributed by atoms with Gasteiger partial charge < -0.3 is 15.2 Å².